The average Bonchev–Trinajstić information content (AvgIpc) is 2.55. The predicted molar refractivity (Wildman–Crippen MR) is 92.6 cm³/mol. The number of aromatic nitrogens is 1. The van der Waals surface area contributed by atoms with Crippen molar-refractivity contribution < 1.29 is 9.53 Å². The van der Waals surface area contributed by atoms with Gasteiger partial charge >= 0.3 is 0 Å². The molecule has 4 nitrogen and oxygen atoms in total. The summed E-state index contributed by atoms with van der Waals surface area (Å²) in [6.07, 6.45) is 6.07. The van der Waals surface area contributed by atoms with E-state index >= 15 is 0 Å². The lowest BCUT2D eigenvalue weighted by Gasteiger charge is -2.49. The van der Waals surface area contributed by atoms with E-state index in [1.807, 2.05) is 19.2 Å². The van der Waals surface area contributed by atoms with Crippen LogP contribution in [0.5, 0.6) is 0 Å². The molecule has 0 bridgehead atoms. The fraction of sp³-hybridized carbons (Fsp3) is 0.684. The van der Waals surface area contributed by atoms with Gasteiger partial charge in [0.15, 0.2) is 6.29 Å². The average molecular weight is 318 g/mol. The van der Waals surface area contributed by atoms with Crippen molar-refractivity contribution in [3.63, 3.8) is 0 Å². The zero-order valence-electron chi connectivity index (χ0n) is 15.1. The van der Waals surface area contributed by atoms with Gasteiger partial charge in [0.25, 0.3) is 0 Å². The van der Waals surface area contributed by atoms with Gasteiger partial charge in [-0.25, -0.2) is 0 Å². The number of nitrogens with zero attached hydrogens (tertiary/aromatic N) is 2. The molecule has 23 heavy (non-hydrogen) atoms. The first-order chi connectivity index (χ1) is 11.0. The molecule has 2 rings (SSSR count). The number of aldehydes is 1. The number of methoxy groups -OCH3 is 1. The Bertz CT molecular complexity index is 532. The van der Waals surface area contributed by atoms with Gasteiger partial charge in [0.1, 0.15) is 5.69 Å². The fourth-order valence-electron chi connectivity index (χ4n) is 4.05. The van der Waals surface area contributed by atoms with Gasteiger partial charge in [0, 0.05) is 31.8 Å². The highest BCUT2D eigenvalue weighted by Crippen LogP contribution is 2.48. The van der Waals surface area contributed by atoms with E-state index in [4.69, 9.17) is 4.74 Å². The number of hydrogen-bond donors (Lipinski definition) is 0. The normalized spacial score (nSPS) is 28.3. The minimum atomic E-state index is -0.345. The van der Waals surface area contributed by atoms with Gasteiger partial charge in [0.2, 0.25) is 0 Å². The number of pyridine rings is 1. The van der Waals surface area contributed by atoms with E-state index in [2.05, 4.69) is 37.7 Å². The van der Waals surface area contributed by atoms with Crippen LogP contribution in [0.2, 0.25) is 0 Å². The lowest BCUT2D eigenvalue weighted by Crippen LogP contribution is -2.50. The van der Waals surface area contributed by atoms with Gasteiger partial charge in [-0.05, 0) is 57.4 Å². The summed E-state index contributed by atoms with van der Waals surface area (Å²) in [4.78, 5) is 17.7. The van der Waals surface area contributed by atoms with E-state index in [0.717, 1.165) is 31.2 Å². The Morgan fingerprint density at radius 2 is 2.22 bits per heavy atom. The molecule has 1 aliphatic rings. The highest BCUT2D eigenvalue weighted by molar-refractivity contribution is 5.72. The summed E-state index contributed by atoms with van der Waals surface area (Å²) in [5.41, 5.74) is 1.22. The van der Waals surface area contributed by atoms with Crippen LogP contribution in [-0.2, 0) is 10.3 Å². The minimum absolute atomic E-state index is 0.345. The summed E-state index contributed by atoms with van der Waals surface area (Å²) in [5.74, 6) is 0.819. The summed E-state index contributed by atoms with van der Waals surface area (Å²) in [6.45, 7) is 7.70. The van der Waals surface area contributed by atoms with Gasteiger partial charge in [-0.15, -0.1) is 0 Å². The highest BCUT2D eigenvalue weighted by atomic mass is 16.5. The molecule has 128 valence electrons. The SMILES string of the molecule is COC1(c2ccnc(C=O)c2)C(C)CCCC1CN(C)C(C)C. The van der Waals surface area contributed by atoms with Crippen molar-refractivity contribution in [3.8, 4) is 0 Å². The highest BCUT2D eigenvalue weighted by Gasteiger charge is 2.47. The molecule has 3 atom stereocenters. The maximum atomic E-state index is 11.2. The molecule has 0 spiro atoms. The van der Waals surface area contributed by atoms with Crippen LogP contribution < -0.4 is 0 Å². The third-order valence-corrected chi connectivity index (χ3v) is 5.61. The van der Waals surface area contributed by atoms with E-state index in [9.17, 15) is 4.79 Å². The molecule has 1 heterocycles. The van der Waals surface area contributed by atoms with Crippen molar-refractivity contribution in [1.29, 1.82) is 0 Å². The third-order valence-electron chi connectivity index (χ3n) is 5.61. The van der Waals surface area contributed by atoms with Gasteiger partial charge < -0.3 is 9.64 Å². The number of carbonyl (C=O) groups excluding carboxylic acids is 1. The van der Waals surface area contributed by atoms with Crippen molar-refractivity contribution in [2.24, 2.45) is 11.8 Å². The van der Waals surface area contributed by atoms with Crippen molar-refractivity contribution in [2.75, 3.05) is 20.7 Å². The van der Waals surface area contributed by atoms with Crippen molar-refractivity contribution in [3.05, 3.63) is 29.6 Å². The molecular formula is C19H30N2O2. The van der Waals surface area contributed by atoms with Crippen LogP contribution in [0.4, 0.5) is 0 Å². The van der Waals surface area contributed by atoms with Crippen LogP contribution >= 0.6 is 0 Å². The largest absolute Gasteiger partial charge is 0.373 e. The summed E-state index contributed by atoms with van der Waals surface area (Å²) < 4.78 is 6.20. The molecule has 1 fully saturated rings. The zero-order valence-corrected chi connectivity index (χ0v) is 15.1. The summed E-state index contributed by atoms with van der Waals surface area (Å²) >= 11 is 0. The fourth-order valence-corrected chi connectivity index (χ4v) is 4.05. The van der Waals surface area contributed by atoms with Crippen LogP contribution in [0, 0.1) is 11.8 Å². The molecule has 1 aromatic rings. The first-order valence-corrected chi connectivity index (χ1v) is 8.62. The van der Waals surface area contributed by atoms with Crippen molar-refractivity contribution in [1.82, 2.24) is 9.88 Å². The molecule has 0 radical (unpaired) electrons. The minimum Gasteiger partial charge on any atom is -0.373 e. The maximum Gasteiger partial charge on any atom is 0.168 e. The molecule has 0 N–H and O–H groups in total. The third kappa shape index (κ3) is 3.48. The van der Waals surface area contributed by atoms with Crippen molar-refractivity contribution >= 4 is 6.29 Å². The molecule has 0 amide bonds. The number of ether oxygens (including phenoxy) is 1. The Balaban J connectivity index is 2.44. The standard InChI is InChI=1S/C19H30N2O2/c1-14(2)21(4)12-17-8-6-7-15(3)19(17,23-5)16-9-10-20-18(11-16)13-22/h9-11,13-15,17H,6-8,12H2,1-5H3. The smallest absolute Gasteiger partial charge is 0.168 e. The molecule has 1 saturated carbocycles. The quantitative estimate of drug-likeness (QED) is 0.753. The zero-order chi connectivity index (χ0) is 17.0. The van der Waals surface area contributed by atoms with Crippen LogP contribution in [0.25, 0.3) is 0 Å². The molecule has 4 heteroatoms. The molecule has 3 unspecified atom stereocenters. The Morgan fingerprint density at radius 3 is 2.83 bits per heavy atom. The lowest BCUT2D eigenvalue weighted by molar-refractivity contribution is -0.132. The second-order valence-electron chi connectivity index (χ2n) is 7.15. The van der Waals surface area contributed by atoms with Crippen LogP contribution in [0.3, 0.4) is 0 Å². The topological polar surface area (TPSA) is 42.4 Å². The van der Waals surface area contributed by atoms with Crippen LogP contribution in [0.15, 0.2) is 18.3 Å². The Morgan fingerprint density at radius 1 is 1.48 bits per heavy atom. The number of carbonyl (C=O) groups is 1. The Labute approximate surface area is 140 Å². The van der Waals surface area contributed by atoms with E-state index in [1.54, 1.807) is 6.20 Å². The van der Waals surface area contributed by atoms with E-state index in [-0.39, 0.29) is 5.60 Å². The summed E-state index contributed by atoms with van der Waals surface area (Å²) in [6, 6.07) is 4.42. The molecule has 1 aliphatic carbocycles. The summed E-state index contributed by atoms with van der Waals surface area (Å²) in [5, 5.41) is 0. The van der Waals surface area contributed by atoms with Gasteiger partial charge in [-0.3, -0.25) is 9.78 Å². The van der Waals surface area contributed by atoms with Crippen LogP contribution in [0.1, 0.15) is 56.1 Å². The lowest BCUT2D eigenvalue weighted by atomic mass is 9.65. The first kappa shape index (κ1) is 18.1. The summed E-state index contributed by atoms with van der Waals surface area (Å²) in [7, 11) is 3.99. The molecule has 1 aromatic heterocycles. The van der Waals surface area contributed by atoms with E-state index < -0.39 is 0 Å². The number of rotatable bonds is 6. The molecular weight excluding hydrogens is 288 g/mol. The molecule has 0 saturated heterocycles. The first-order valence-electron chi connectivity index (χ1n) is 8.62. The van der Waals surface area contributed by atoms with Crippen molar-refractivity contribution in [2.45, 2.75) is 51.7 Å². The van der Waals surface area contributed by atoms with Crippen LogP contribution in [-0.4, -0.2) is 42.9 Å². The Hall–Kier alpha value is -1.26. The predicted octanol–water partition coefficient (Wildman–Crippen LogP) is 3.51. The van der Waals surface area contributed by atoms with E-state index in [1.165, 1.54) is 6.42 Å². The van der Waals surface area contributed by atoms with Gasteiger partial charge in [-0.1, -0.05) is 13.3 Å². The molecule has 0 aromatic carbocycles. The van der Waals surface area contributed by atoms with Gasteiger partial charge in [0.05, 0.1) is 5.60 Å². The van der Waals surface area contributed by atoms with E-state index in [0.29, 0.717) is 23.6 Å². The maximum absolute atomic E-state index is 11.2. The second kappa shape index (κ2) is 7.54. The Kier molecular flexibility index (Phi) is 5.93. The second-order valence-corrected chi connectivity index (χ2v) is 7.15. The monoisotopic (exact) mass is 318 g/mol. The number of hydrogen-bond acceptors (Lipinski definition) is 4. The molecule has 0 aliphatic heterocycles. The van der Waals surface area contributed by atoms with Gasteiger partial charge in [-0.2, -0.15) is 0 Å².